The Balaban J connectivity index is 1.28. The van der Waals surface area contributed by atoms with Crippen molar-refractivity contribution < 1.29 is 4.39 Å². The quantitative estimate of drug-likeness (QED) is 0.373. The third kappa shape index (κ3) is 4.98. The van der Waals surface area contributed by atoms with E-state index in [1.54, 1.807) is 6.07 Å². The fourth-order valence-corrected chi connectivity index (χ4v) is 4.48. The largest absolute Gasteiger partial charge is 0.361 e. The molecular formula is C25H26FIN2. The van der Waals surface area contributed by atoms with Crippen LogP contribution in [0.5, 0.6) is 0 Å². The molecule has 0 saturated heterocycles. The normalized spacial score (nSPS) is 17.5. The molecule has 0 amide bonds. The Morgan fingerprint density at radius 2 is 2.07 bits per heavy atom. The first kappa shape index (κ1) is 20.4. The lowest BCUT2D eigenvalue weighted by Gasteiger charge is -2.24. The highest BCUT2D eigenvalue weighted by atomic mass is 127. The van der Waals surface area contributed by atoms with Crippen molar-refractivity contribution in [2.45, 2.75) is 32.2 Å². The Bertz CT molecular complexity index is 1050. The summed E-state index contributed by atoms with van der Waals surface area (Å²) in [4.78, 5) is 3.37. The molecule has 2 nitrogen and oxygen atoms in total. The second-order valence-electron chi connectivity index (χ2n) is 7.80. The molecule has 0 aliphatic heterocycles. The van der Waals surface area contributed by atoms with Gasteiger partial charge in [-0.1, -0.05) is 36.4 Å². The predicted molar refractivity (Wildman–Crippen MR) is 128 cm³/mol. The number of H-pyrrole nitrogens is 1. The van der Waals surface area contributed by atoms with E-state index in [0.29, 0.717) is 18.4 Å². The van der Waals surface area contributed by atoms with Crippen molar-refractivity contribution in [3.8, 4) is 0 Å². The minimum Gasteiger partial charge on any atom is -0.361 e. The molecule has 1 heterocycles. The smallest absolute Gasteiger partial charge is 0.126 e. The van der Waals surface area contributed by atoms with Crippen LogP contribution in [0.15, 0.2) is 72.5 Å². The molecule has 2 aromatic carbocycles. The van der Waals surface area contributed by atoms with E-state index in [-0.39, 0.29) is 5.82 Å². The second kappa shape index (κ2) is 9.26. The molecule has 0 bridgehead atoms. The Kier molecular flexibility index (Phi) is 6.50. The number of benzene rings is 2. The highest BCUT2D eigenvalue weighted by Gasteiger charge is 2.16. The Morgan fingerprint density at radius 1 is 1.21 bits per heavy atom. The molecule has 1 aromatic heterocycles. The van der Waals surface area contributed by atoms with E-state index in [1.165, 1.54) is 31.7 Å². The summed E-state index contributed by atoms with van der Waals surface area (Å²) in [5.41, 5.74) is 4.54. The van der Waals surface area contributed by atoms with E-state index in [9.17, 15) is 4.39 Å². The number of hydrogen-bond donors (Lipinski definition) is 2. The lowest BCUT2D eigenvalue weighted by atomic mass is 9.89. The first-order valence-electron chi connectivity index (χ1n) is 10.2. The number of halogens is 2. The maximum absolute atomic E-state index is 13.9. The molecule has 1 aliphatic rings. The average molecular weight is 500 g/mol. The zero-order valence-electron chi connectivity index (χ0n) is 16.6. The third-order valence-electron chi connectivity index (χ3n) is 5.79. The van der Waals surface area contributed by atoms with Gasteiger partial charge < -0.3 is 10.3 Å². The number of nitrogens with one attached hydrogen (secondary N) is 2. The van der Waals surface area contributed by atoms with E-state index in [0.717, 1.165) is 24.9 Å². The van der Waals surface area contributed by atoms with Crippen LogP contribution in [0, 0.1) is 15.3 Å². The molecule has 0 fully saturated rings. The molecule has 4 rings (SSSR count). The van der Waals surface area contributed by atoms with Crippen LogP contribution in [0.25, 0.3) is 10.9 Å². The molecular weight excluding hydrogens is 474 g/mol. The molecule has 2 N–H and O–H groups in total. The standard InChI is InChI=1S/C25H26FIN2/c1-17(28-13-12-21-16-29-25-11-10-22(27)15-23(21)25)19-8-6-18(7-9-19)14-20-4-2-3-5-24(20)26/h2-8,10-11,15-17,19,28-29H,9,12-14H2,1H3. The summed E-state index contributed by atoms with van der Waals surface area (Å²) in [5.74, 6) is 0.356. The van der Waals surface area contributed by atoms with Crippen LogP contribution in [-0.4, -0.2) is 17.6 Å². The van der Waals surface area contributed by atoms with Gasteiger partial charge in [0.1, 0.15) is 5.82 Å². The van der Waals surface area contributed by atoms with Gasteiger partial charge in [0.2, 0.25) is 0 Å². The van der Waals surface area contributed by atoms with E-state index in [1.807, 2.05) is 12.1 Å². The Hall–Kier alpha value is -1.92. The number of aromatic nitrogens is 1. The molecule has 0 spiro atoms. The number of hydrogen-bond acceptors (Lipinski definition) is 1. The number of fused-ring (bicyclic) bond motifs is 1. The molecule has 150 valence electrons. The van der Waals surface area contributed by atoms with Crippen LogP contribution in [0.2, 0.25) is 0 Å². The van der Waals surface area contributed by atoms with Gasteiger partial charge in [-0.05, 0) is 102 Å². The zero-order chi connectivity index (χ0) is 20.2. The lowest BCUT2D eigenvalue weighted by Crippen LogP contribution is -2.34. The first-order chi connectivity index (χ1) is 14.1. The highest BCUT2D eigenvalue weighted by Crippen LogP contribution is 2.24. The highest BCUT2D eigenvalue weighted by molar-refractivity contribution is 14.1. The number of rotatable bonds is 7. The molecule has 1 aliphatic carbocycles. The van der Waals surface area contributed by atoms with Gasteiger partial charge in [0, 0.05) is 26.7 Å². The van der Waals surface area contributed by atoms with Crippen LogP contribution in [0.1, 0.15) is 24.5 Å². The van der Waals surface area contributed by atoms with Crippen LogP contribution in [0.4, 0.5) is 4.39 Å². The maximum Gasteiger partial charge on any atom is 0.126 e. The van der Waals surface area contributed by atoms with Gasteiger partial charge in [-0.25, -0.2) is 4.39 Å². The van der Waals surface area contributed by atoms with Gasteiger partial charge in [-0.15, -0.1) is 0 Å². The summed E-state index contributed by atoms with van der Waals surface area (Å²) in [6.45, 7) is 3.21. The molecule has 29 heavy (non-hydrogen) atoms. The monoisotopic (exact) mass is 500 g/mol. The number of aromatic amines is 1. The van der Waals surface area contributed by atoms with Crippen LogP contribution in [0.3, 0.4) is 0 Å². The van der Waals surface area contributed by atoms with Crippen molar-refractivity contribution in [2.75, 3.05) is 6.54 Å². The van der Waals surface area contributed by atoms with Gasteiger partial charge in [0.25, 0.3) is 0 Å². The SMILES string of the molecule is CC(NCCc1c[nH]c2ccc(I)cc12)C1C=CC(Cc2ccccc2F)=CC1. The summed E-state index contributed by atoms with van der Waals surface area (Å²) < 4.78 is 15.1. The van der Waals surface area contributed by atoms with Crippen molar-refractivity contribution in [3.05, 3.63) is 93.0 Å². The maximum atomic E-state index is 13.9. The Labute approximate surface area is 185 Å². The molecule has 2 atom stereocenters. The van der Waals surface area contributed by atoms with Crippen molar-refractivity contribution in [2.24, 2.45) is 5.92 Å². The fourth-order valence-electron chi connectivity index (χ4n) is 3.99. The van der Waals surface area contributed by atoms with E-state index >= 15 is 0 Å². The summed E-state index contributed by atoms with van der Waals surface area (Å²) in [5, 5.41) is 5.01. The predicted octanol–water partition coefficient (Wildman–Crippen LogP) is 6.18. The van der Waals surface area contributed by atoms with Gasteiger partial charge in [-0.2, -0.15) is 0 Å². The minimum atomic E-state index is -0.120. The van der Waals surface area contributed by atoms with E-state index < -0.39 is 0 Å². The average Bonchev–Trinajstić information content (AvgIpc) is 3.12. The van der Waals surface area contributed by atoms with Crippen molar-refractivity contribution in [1.82, 2.24) is 10.3 Å². The van der Waals surface area contributed by atoms with Crippen LogP contribution < -0.4 is 5.32 Å². The fraction of sp³-hybridized carbons (Fsp3) is 0.280. The lowest BCUT2D eigenvalue weighted by molar-refractivity contribution is 0.437. The molecule has 3 aromatic rings. The van der Waals surface area contributed by atoms with Crippen molar-refractivity contribution in [3.63, 3.8) is 0 Å². The third-order valence-corrected chi connectivity index (χ3v) is 6.47. The summed E-state index contributed by atoms with van der Waals surface area (Å²) in [6.07, 6.45) is 11.5. The van der Waals surface area contributed by atoms with Gasteiger partial charge in [-0.3, -0.25) is 0 Å². The topological polar surface area (TPSA) is 27.8 Å². The van der Waals surface area contributed by atoms with E-state index in [2.05, 4.69) is 82.4 Å². The minimum absolute atomic E-state index is 0.120. The van der Waals surface area contributed by atoms with Gasteiger partial charge in [0.05, 0.1) is 0 Å². The molecule has 4 heteroatoms. The summed E-state index contributed by atoms with van der Waals surface area (Å²) in [7, 11) is 0. The summed E-state index contributed by atoms with van der Waals surface area (Å²) in [6, 6.07) is 14.0. The van der Waals surface area contributed by atoms with Crippen LogP contribution >= 0.6 is 22.6 Å². The van der Waals surface area contributed by atoms with Crippen molar-refractivity contribution in [1.29, 1.82) is 0 Å². The molecule has 0 saturated carbocycles. The first-order valence-corrected chi connectivity index (χ1v) is 11.3. The summed E-state index contributed by atoms with van der Waals surface area (Å²) >= 11 is 2.37. The second-order valence-corrected chi connectivity index (χ2v) is 9.05. The van der Waals surface area contributed by atoms with Gasteiger partial charge >= 0.3 is 0 Å². The van der Waals surface area contributed by atoms with E-state index in [4.69, 9.17) is 0 Å². The molecule has 2 unspecified atom stereocenters. The van der Waals surface area contributed by atoms with Crippen molar-refractivity contribution >= 4 is 33.5 Å². The zero-order valence-corrected chi connectivity index (χ0v) is 18.7. The number of allylic oxidation sites excluding steroid dienone is 3. The molecule has 0 radical (unpaired) electrons. The Morgan fingerprint density at radius 3 is 2.86 bits per heavy atom. The van der Waals surface area contributed by atoms with Gasteiger partial charge in [0.15, 0.2) is 0 Å². The van der Waals surface area contributed by atoms with Crippen LogP contribution in [-0.2, 0) is 12.8 Å².